The molecule has 108 valence electrons. The van der Waals surface area contributed by atoms with E-state index in [-0.39, 0.29) is 17.4 Å². The van der Waals surface area contributed by atoms with Crippen molar-refractivity contribution in [2.24, 2.45) is 11.8 Å². The van der Waals surface area contributed by atoms with Crippen molar-refractivity contribution in [1.82, 2.24) is 4.90 Å². The van der Waals surface area contributed by atoms with Crippen molar-refractivity contribution in [2.45, 2.75) is 45.1 Å². The molecule has 2 fully saturated rings. The predicted octanol–water partition coefficient (Wildman–Crippen LogP) is 1.51. The van der Waals surface area contributed by atoms with Crippen LogP contribution in [0.15, 0.2) is 0 Å². The van der Waals surface area contributed by atoms with Gasteiger partial charge in [-0.05, 0) is 26.7 Å². The first-order valence-corrected chi connectivity index (χ1v) is 7.06. The molecule has 0 radical (unpaired) electrons. The summed E-state index contributed by atoms with van der Waals surface area (Å²) in [6.45, 7) is 5.58. The Kier molecular flexibility index (Phi) is 4.13. The molecule has 2 atom stereocenters. The Hall–Kier alpha value is -1.10. The minimum atomic E-state index is -0.828. The van der Waals surface area contributed by atoms with Crippen molar-refractivity contribution >= 4 is 11.9 Å². The lowest BCUT2D eigenvalue weighted by Gasteiger charge is -2.41. The second-order valence-electron chi connectivity index (χ2n) is 6.20. The summed E-state index contributed by atoms with van der Waals surface area (Å²) in [5, 5.41) is 9.26. The van der Waals surface area contributed by atoms with Crippen LogP contribution < -0.4 is 0 Å². The van der Waals surface area contributed by atoms with Crippen molar-refractivity contribution in [1.29, 1.82) is 0 Å². The molecule has 1 saturated carbocycles. The summed E-state index contributed by atoms with van der Waals surface area (Å²) in [4.78, 5) is 25.6. The number of carbonyl (C=O) groups excluding carboxylic acids is 1. The molecule has 1 aliphatic heterocycles. The molecular formula is C14H23NO4. The van der Waals surface area contributed by atoms with Gasteiger partial charge in [0.1, 0.15) is 0 Å². The molecule has 19 heavy (non-hydrogen) atoms. The molecule has 0 aromatic rings. The fraction of sp³-hybridized carbons (Fsp3) is 0.857. The molecule has 0 spiro atoms. The van der Waals surface area contributed by atoms with Crippen LogP contribution in [0.1, 0.15) is 39.5 Å². The molecule has 0 bridgehead atoms. The van der Waals surface area contributed by atoms with E-state index in [4.69, 9.17) is 4.74 Å². The molecule has 1 N–H and O–H groups in total. The van der Waals surface area contributed by atoms with Crippen LogP contribution in [-0.2, 0) is 14.3 Å². The van der Waals surface area contributed by atoms with Gasteiger partial charge in [0.15, 0.2) is 0 Å². The normalized spacial score (nSPS) is 30.9. The van der Waals surface area contributed by atoms with Crippen LogP contribution in [0.5, 0.6) is 0 Å². The molecule has 1 aliphatic carbocycles. The molecule has 0 aromatic carbocycles. The fourth-order valence-electron chi connectivity index (χ4n) is 3.16. The van der Waals surface area contributed by atoms with E-state index < -0.39 is 11.9 Å². The monoisotopic (exact) mass is 269 g/mol. The van der Waals surface area contributed by atoms with E-state index >= 15 is 0 Å². The number of carboxylic acid groups (broad SMARTS) is 1. The van der Waals surface area contributed by atoms with E-state index in [1.807, 2.05) is 13.8 Å². The van der Waals surface area contributed by atoms with E-state index in [1.165, 1.54) is 0 Å². The zero-order valence-electron chi connectivity index (χ0n) is 11.7. The highest BCUT2D eigenvalue weighted by atomic mass is 16.5. The van der Waals surface area contributed by atoms with Crippen LogP contribution in [-0.4, -0.2) is 47.2 Å². The number of morpholine rings is 1. The Balaban J connectivity index is 2.06. The Bertz CT molecular complexity index is 366. The topological polar surface area (TPSA) is 66.8 Å². The molecule has 2 aliphatic rings. The summed E-state index contributed by atoms with van der Waals surface area (Å²) >= 11 is 0. The van der Waals surface area contributed by atoms with E-state index in [0.29, 0.717) is 32.5 Å². The maximum Gasteiger partial charge on any atom is 0.307 e. The first-order chi connectivity index (χ1) is 8.91. The van der Waals surface area contributed by atoms with Crippen LogP contribution in [0, 0.1) is 11.8 Å². The van der Waals surface area contributed by atoms with Gasteiger partial charge in [-0.25, -0.2) is 0 Å². The molecule has 1 amide bonds. The molecule has 0 aromatic heterocycles. The number of rotatable bonds is 2. The van der Waals surface area contributed by atoms with Crippen molar-refractivity contribution in [2.75, 3.05) is 19.7 Å². The highest BCUT2D eigenvalue weighted by molar-refractivity contribution is 5.85. The van der Waals surface area contributed by atoms with Crippen molar-refractivity contribution in [3.8, 4) is 0 Å². The summed E-state index contributed by atoms with van der Waals surface area (Å²) < 4.78 is 5.60. The first-order valence-electron chi connectivity index (χ1n) is 7.06. The lowest BCUT2D eigenvalue weighted by Crippen LogP contribution is -2.53. The van der Waals surface area contributed by atoms with Gasteiger partial charge in [0, 0.05) is 13.1 Å². The van der Waals surface area contributed by atoms with Crippen LogP contribution in [0.2, 0.25) is 0 Å². The smallest absolute Gasteiger partial charge is 0.307 e. The molecule has 0 unspecified atom stereocenters. The zero-order valence-corrected chi connectivity index (χ0v) is 11.7. The number of hydrogen-bond donors (Lipinski definition) is 1. The number of aliphatic carboxylic acids is 1. The van der Waals surface area contributed by atoms with Gasteiger partial charge in [-0.3, -0.25) is 9.59 Å². The average molecular weight is 269 g/mol. The third-order valence-corrected chi connectivity index (χ3v) is 4.14. The fourth-order valence-corrected chi connectivity index (χ4v) is 3.16. The zero-order chi connectivity index (χ0) is 14.0. The second-order valence-corrected chi connectivity index (χ2v) is 6.20. The molecular weight excluding hydrogens is 246 g/mol. The predicted molar refractivity (Wildman–Crippen MR) is 69.7 cm³/mol. The van der Waals surface area contributed by atoms with Gasteiger partial charge in [0.2, 0.25) is 5.91 Å². The Labute approximate surface area is 113 Å². The lowest BCUT2D eigenvalue weighted by molar-refractivity contribution is -0.159. The number of carboxylic acids is 1. The SMILES string of the molecule is CC1(C)CN(C(=O)[C@@H]2CCCC[C@@H]2C(=O)O)CCO1. The number of carbonyl (C=O) groups is 2. The molecule has 2 rings (SSSR count). The highest BCUT2D eigenvalue weighted by Gasteiger charge is 2.40. The van der Waals surface area contributed by atoms with Crippen molar-refractivity contribution in [3.05, 3.63) is 0 Å². The molecule has 5 nitrogen and oxygen atoms in total. The van der Waals surface area contributed by atoms with Crippen LogP contribution >= 0.6 is 0 Å². The van der Waals surface area contributed by atoms with Gasteiger partial charge >= 0.3 is 5.97 Å². The van der Waals surface area contributed by atoms with E-state index in [2.05, 4.69) is 0 Å². The van der Waals surface area contributed by atoms with Crippen LogP contribution in [0.25, 0.3) is 0 Å². The summed E-state index contributed by atoms with van der Waals surface area (Å²) in [5.41, 5.74) is -0.332. The standard InChI is InChI=1S/C14H23NO4/c1-14(2)9-15(7-8-19-14)12(16)10-5-3-4-6-11(10)13(17)18/h10-11H,3-9H2,1-2H3,(H,17,18)/t10-,11+/m1/s1. The number of nitrogens with zero attached hydrogens (tertiary/aromatic N) is 1. The summed E-state index contributed by atoms with van der Waals surface area (Å²) in [6, 6.07) is 0. The summed E-state index contributed by atoms with van der Waals surface area (Å²) in [6.07, 6.45) is 3.19. The third-order valence-electron chi connectivity index (χ3n) is 4.14. The minimum Gasteiger partial charge on any atom is -0.481 e. The van der Waals surface area contributed by atoms with Crippen LogP contribution in [0.4, 0.5) is 0 Å². The van der Waals surface area contributed by atoms with Gasteiger partial charge in [0.25, 0.3) is 0 Å². The Morgan fingerprint density at radius 1 is 1.21 bits per heavy atom. The first kappa shape index (κ1) is 14.3. The second kappa shape index (κ2) is 5.49. The number of ether oxygens (including phenoxy) is 1. The Morgan fingerprint density at radius 2 is 1.84 bits per heavy atom. The van der Waals surface area contributed by atoms with E-state index in [0.717, 1.165) is 12.8 Å². The Morgan fingerprint density at radius 3 is 2.42 bits per heavy atom. The minimum absolute atomic E-state index is 0.00322. The van der Waals surface area contributed by atoms with Crippen LogP contribution in [0.3, 0.4) is 0 Å². The number of hydrogen-bond acceptors (Lipinski definition) is 3. The molecule has 5 heteroatoms. The van der Waals surface area contributed by atoms with Gasteiger partial charge in [0.05, 0.1) is 24.0 Å². The summed E-state index contributed by atoms with van der Waals surface area (Å²) in [5.74, 6) is -1.68. The average Bonchev–Trinajstić information content (AvgIpc) is 2.36. The van der Waals surface area contributed by atoms with Crippen molar-refractivity contribution in [3.63, 3.8) is 0 Å². The molecule has 1 heterocycles. The van der Waals surface area contributed by atoms with E-state index in [9.17, 15) is 14.7 Å². The summed E-state index contributed by atoms with van der Waals surface area (Å²) in [7, 11) is 0. The maximum absolute atomic E-state index is 12.6. The van der Waals surface area contributed by atoms with Gasteiger partial charge in [-0.1, -0.05) is 12.8 Å². The van der Waals surface area contributed by atoms with Crippen molar-refractivity contribution < 1.29 is 19.4 Å². The van der Waals surface area contributed by atoms with Gasteiger partial charge in [-0.2, -0.15) is 0 Å². The number of amides is 1. The quantitative estimate of drug-likeness (QED) is 0.825. The lowest BCUT2D eigenvalue weighted by atomic mass is 9.78. The maximum atomic E-state index is 12.6. The van der Waals surface area contributed by atoms with E-state index in [1.54, 1.807) is 4.90 Å². The van der Waals surface area contributed by atoms with Gasteiger partial charge in [-0.15, -0.1) is 0 Å². The third kappa shape index (κ3) is 3.26. The largest absolute Gasteiger partial charge is 0.481 e. The molecule has 1 saturated heterocycles. The van der Waals surface area contributed by atoms with Gasteiger partial charge < -0.3 is 14.7 Å². The highest BCUT2D eigenvalue weighted by Crippen LogP contribution is 2.32.